The van der Waals surface area contributed by atoms with Gasteiger partial charge in [0.05, 0.1) is 29.3 Å². The number of hydrogen-bond donors (Lipinski definition) is 2. The number of anilines is 1. The number of amides is 1. The van der Waals surface area contributed by atoms with Crippen LogP contribution >= 0.6 is 0 Å². The van der Waals surface area contributed by atoms with Crippen LogP contribution in [-0.4, -0.2) is 22.2 Å². The molecule has 0 saturated heterocycles. The van der Waals surface area contributed by atoms with Crippen LogP contribution in [0.5, 0.6) is 0 Å². The second-order valence-corrected chi connectivity index (χ2v) is 6.61. The Morgan fingerprint density at radius 2 is 1.86 bits per heavy atom. The third-order valence-electron chi connectivity index (χ3n) is 4.55. The first-order valence-corrected chi connectivity index (χ1v) is 8.96. The van der Waals surface area contributed by atoms with Crippen molar-refractivity contribution in [2.24, 2.45) is 0 Å². The summed E-state index contributed by atoms with van der Waals surface area (Å²) in [7, 11) is 0. The molecule has 0 radical (unpaired) electrons. The van der Waals surface area contributed by atoms with Crippen molar-refractivity contribution in [1.29, 1.82) is 0 Å². The molecule has 7 heteroatoms. The van der Waals surface area contributed by atoms with Gasteiger partial charge in [0.25, 0.3) is 0 Å². The van der Waals surface area contributed by atoms with Gasteiger partial charge in [-0.15, -0.1) is 0 Å². The molecule has 0 saturated carbocycles. The average Bonchev–Trinajstić information content (AvgIpc) is 2.95. The number of benzene rings is 2. The van der Waals surface area contributed by atoms with Crippen LogP contribution in [0.2, 0.25) is 0 Å². The fourth-order valence-electron chi connectivity index (χ4n) is 3.04. The van der Waals surface area contributed by atoms with E-state index in [4.69, 9.17) is 0 Å². The predicted molar refractivity (Wildman–Crippen MR) is 104 cm³/mol. The molecular weight excluding hydrogens is 362 g/mol. The van der Waals surface area contributed by atoms with Gasteiger partial charge < -0.3 is 10.6 Å². The summed E-state index contributed by atoms with van der Waals surface area (Å²) < 4.78 is 28.7. The summed E-state index contributed by atoms with van der Waals surface area (Å²) in [6, 6.07) is 12.6. The molecule has 0 aliphatic carbocycles. The molecule has 0 aliphatic heterocycles. The van der Waals surface area contributed by atoms with Gasteiger partial charge in [-0.1, -0.05) is 24.3 Å². The molecule has 0 spiro atoms. The summed E-state index contributed by atoms with van der Waals surface area (Å²) in [6.45, 7) is 5.40. The smallest absolute Gasteiger partial charge is 0.238 e. The van der Waals surface area contributed by atoms with Gasteiger partial charge in [0, 0.05) is 17.7 Å². The molecule has 5 nitrogen and oxygen atoms in total. The zero-order chi connectivity index (χ0) is 20.3. The van der Waals surface area contributed by atoms with Crippen LogP contribution in [0.1, 0.15) is 29.9 Å². The van der Waals surface area contributed by atoms with Crippen LogP contribution in [0, 0.1) is 25.5 Å². The Morgan fingerprint density at radius 1 is 1.14 bits per heavy atom. The van der Waals surface area contributed by atoms with Crippen LogP contribution in [-0.2, 0) is 4.79 Å². The van der Waals surface area contributed by atoms with Gasteiger partial charge >= 0.3 is 0 Å². The van der Waals surface area contributed by atoms with E-state index in [1.54, 1.807) is 11.6 Å². The molecule has 1 atom stereocenters. The molecule has 0 aliphatic rings. The van der Waals surface area contributed by atoms with Crippen LogP contribution in [0.25, 0.3) is 5.69 Å². The van der Waals surface area contributed by atoms with Crippen LogP contribution in [0.15, 0.2) is 48.5 Å². The monoisotopic (exact) mass is 384 g/mol. The minimum absolute atomic E-state index is 0.0205. The standard InChI is InChI=1S/C21H22F2N4O/c1-13(18-10-9-16(22)11-19(18)23)24-12-20(28)25-21-14(2)26-27(15(21)3)17-7-5-4-6-8-17/h4-11,13,24H,12H2,1-3H3,(H,25,28)/t13-/m0/s1. The van der Waals surface area contributed by atoms with Gasteiger partial charge in [0.2, 0.25) is 5.91 Å². The maximum absolute atomic E-state index is 13.9. The fraction of sp³-hybridized carbons (Fsp3) is 0.238. The van der Waals surface area contributed by atoms with Gasteiger partial charge in [0.1, 0.15) is 11.6 Å². The predicted octanol–water partition coefficient (Wildman–Crippen LogP) is 4.06. The Labute approximate surface area is 162 Å². The Hall–Kier alpha value is -3.06. The van der Waals surface area contributed by atoms with Crippen molar-refractivity contribution in [3.8, 4) is 5.69 Å². The summed E-state index contributed by atoms with van der Waals surface area (Å²) in [5.74, 6) is -1.54. The van der Waals surface area contributed by atoms with Crippen molar-refractivity contribution in [3.63, 3.8) is 0 Å². The van der Waals surface area contributed by atoms with Crippen LogP contribution in [0.3, 0.4) is 0 Å². The first kappa shape index (κ1) is 19.7. The summed E-state index contributed by atoms with van der Waals surface area (Å²) in [5.41, 5.74) is 3.37. The van der Waals surface area contributed by atoms with E-state index in [0.29, 0.717) is 16.9 Å². The minimum atomic E-state index is -0.642. The molecule has 0 unspecified atom stereocenters. The Morgan fingerprint density at radius 3 is 2.54 bits per heavy atom. The lowest BCUT2D eigenvalue weighted by atomic mass is 10.1. The highest BCUT2D eigenvalue weighted by Gasteiger charge is 2.17. The first-order valence-electron chi connectivity index (χ1n) is 8.96. The second-order valence-electron chi connectivity index (χ2n) is 6.61. The number of aromatic nitrogens is 2. The number of para-hydroxylation sites is 1. The number of carbonyl (C=O) groups excluding carboxylic acids is 1. The molecule has 2 N–H and O–H groups in total. The average molecular weight is 384 g/mol. The molecule has 0 bridgehead atoms. The number of rotatable bonds is 6. The Balaban J connectivity index is 1.66. The zero-order valence-electron chi connectivity index (χ0n) is 16.0. The Kier molecular flexibility index (Phi) is 5.84. The van der Waals surface area contributed by atoms with Crippen molar-refractivity contribution < 1.29 is 13.6 Å². The number of aryl methyl sites for hydroxylation is 1. The van der Waals surface area contributed by atoms with Gasteiger partial charge in [-0.05, 0) is 39.0 Å². The summed E-state index contributed by atoms with van der Waals surface area (Å²) in [6.07, 6.45) is 0. The molecule has 2 aromatic carbocycles. The minimum Gasteiger partial charge on any atom is -0.322 e. The number of hydrogen-bond acceptors (Lipinski definition) is 3. The maximum Gasteiger partial charge on any atom is 0.238 e. The number of nitrogens with one attached hydrogen (secondary N) is 2. The van der Waals surface area contributed by atoms with E-state index in [1.165, 1.54) is 12.1 Å². The molecule has 0 fully saturated rings. The zero-order valence-corrected chi connectivity index (χ0v) is 16.0. The fourth-order valence-corrected chi connectivity index (χ4v) is 3.04. The van der Waals surface area contributed by atoms with Crippen LogP contribution < -0.4 is 10.6 Å². The molecule has 1 amide bonds. The quantitative estimate of drug-likeness (QED) is 0.674. The molecule has 3 rings (SSSR count). The van der Waals surface area contributed by atoms with Crippen molar-refractivity contribution in [2.45, 2.75) is 26.8 Å². The van der Waals surface area contributed by atoms with Crippen molar-refractivity contribution in [3.05, 3.63) is 77.1 Å². The topological polar surface area (TPSA) is 59.0 Å². The normalized spacial score (nSPS) is 12.0. The molecular formula is C21H22F2N4O. The van der Waals surface area contributed by atoms with Gasteiger partial charge in [-0.2, -0.15) is 5.10 Å². The van der Waals surface area contributed by atoms with E-state index in [-0.39, 0.29) is 12.5 Å². The largest absolute Gasteiger partial charge is 0.322 e. The third kappa shape index (κ3) is 4.26. The summed E-state index contributed by atoms with van der Waals surface area (Å²) >= 11 is 0. The highest BCUT2D eigenvalue weighted by molar-refractivity contribution is 5.93. The molecule has 3 aromatic rings. The number of nitrogens with zero attached hydrogens (tertiary/aromatic N) is 2. The lowest BCUT2D eigenvalue weighted by Crippen LogP contribution is -2.30. The summed E-state index contributed by atoms with van der Waals surface area (Å²) in [4.78, 5) is 12.4. The summed E-state index contributed by atoms with van der Waals surface area (Å²) in [5, 5.41) is 10.3. The maximum atomic E-state index is 13.9. The molecule has 28 heavy (non-hydrogen) atoms. The van der Waals surface area contributed by atoms with Crippen LogP contribution in [0.4, 0.5) is 14.5 Å². The Bertz CT molecular complexity index is 986. The van der Waals surface area contributed by atoms with Gasteiger partial charge in [-0.25, -0.2) is 13.5 Å². The molecule has 1 aromatic heterocycles. The van der Waals surface area contributed by atoms with Crippen molar-refractivity contribution in [2.75, 3.05) is 11.9 Å². The highest BCUT2D eigenvalue weighted by atomic mass is 19.1. The third-order valence-corrected chi connectivity index (χ3v) is 4.55. The van der Waals surface area contributed by atoms with Crippen molar-refractivity contribution in [1.82, 2.24) is 15.1 Å². The lowest BCUT2D eigenvalue weighted by molar-refractivity contribution is -0.115. The lowest BCUT2D eigenvalue weighted by Gasteiger charge is -2.15. The van der Waals surface area contributed by atoms with E-state index in [2.05, 4.69) is 15.7 Å². The van der Waals surface area contributed by atoms with E-state index >= 15 is 0 Å². The molecule has 146 valence electrons. The highest BCUT2D eigenvalue weighted by Crippen LogP contribution is 2.23. The first-order chi connectivity index (χ1) is 13.4. The SMILES string of the molecule is Cc1nn(-c2ccccc2)c(C)c1NC(=O)CN[C@@H](C)c1ccc(F)cc1F. The molecule has 1 heterocycles. The van der Waals surface area contributed by atoms with Crippen molar-refractivity contribution >= 4 is 11.6 Å². The van der Waals surface area contributed by atoms with Gasteiger partial charge in [0.15, 0.2) is 0 Å². The van der Waals surface area contributed by atoms with E-state index in [0.717, 1.165) is 17.4 Å². The second kappa shape index (κ2) is 8.31. The van der Waals surface area contributed by atoms with E-state index in [1.807, 2.05) is 44.2 Å². The number of carbonyl (C=O) groups is 1. The number of halogens is 2. The van der Waals surface area contributed by atoms with E-state index < -0.39 is 17.7 Å². The van der Waals surface area contributed by atoms with E-state index in [9.17, 15) is 13.6 Å². The van der Waals surface area contributed by atoms with Gasteiger partial charge in [-0.3, -0.25) is 4.79 Å².